The lowest BCUT2D eigenvalue weighted by Gasteiger charge is -2.36. The second kappa shape index (κ2) is 6.92. The van der Waals surface area contributed by atoms with Crippen molar-refractivity contribution < 1.29 is 36.4 Å². The fraction of sp³-hybridized carbons (Fsp3) is 0.688. The minimum Gasteiger partial charge on any atom is -0.476 e. The summed E-state index contributed by atoms with van der Waals surface area (Å²) in [6.45, 7) is 5.58. The molecule has 13 heteroatoms. The van der Waals surface area contributed by atoms with Crippen molar-refractivity contribution in [1.29, 1.82) is 0 Å². The van der Waals surface area contributed by atoms with Crippen LogP contribution >= 0.6 is 7.82 Å². The summed E-state index contributed by atoms with van der Waals surface area (Å²) < 4.78 is 70.7. The highest BCUT2D eigenvalue weighted by Crippen LogP contribution is 2.63. The Morgan fingerprint density at radius 2 is 2.10 bits per heavy atom. The topological polar surface area (TPSA) is 107 Å². The van der Waals surface area contributed by atoms with Crippen LogP contribution in [0.3, 0.4) is 0 Å². The van der Waals surface area contributed by atoms with Crippen LogP contribution in [0.4, 0.5) is 8.78 Å². The first-order valence-electron chi connectivity index (χ1n) is 9.10. The predicted octanol–water partition coefficient (Wildman–Crippen LogP) is 3.02. The number of fused-ring (bicyclic) bond motifs is 2. The summed E-state index contributed by atoms with van der Waals surface area (Å²) in [5, 5.41) is 0. The number of hydrogen-bond acceptors (Lipinski definition) is 9. The Bertz CT molecular complexity index is 988. The molecular weight excluding hydrogens is 413 g/mol. The third-order valence-electron chi connectivity index (χ3n) is 4.67. The average molecular weight is 434 g/mol. The van der Waals surface area contributed by atoms with Crippen LogP contribution in [0.25, 0.3) is 11.2 Å². The molecule has 0 spiro atoms. The molecule has 4 rings (SSSR count). The molecule has 0 bridgehead atoms. The number of alkyl halides is 2. The van der Waals surface area contributed by atoms with Crippen LogP contribution in [0.15, 0.2) is 6.33 Å². The van der Waals surface area contributed by atoms with Crippen LogP contribution < -0.4 is 4.74 Å². The molecule has 4 heterocycles. The van der Waals surface area contributed by atoms with Gasteiger partial charge >= 0.3 is 7.82 Å². The number of imidazole rings is 1. The standard InChI is InChI=1S/C16H21F2N4O6P/c1-5-24-12-10-11(20-9(3)21-12)22(8-19-10)14-15(4,17)13-16(18,27-14)7-26-29(23,28-13)25-6-2/h8,13-14H,5-7H2,1-4H3/t13-,14+,15+,16+,29?/m0/s1. The third-order valence-corrected chi connectivity index (χ3v) is 6.16. The number of phosphoric acid groups is 1. The first kappa shape index (κ1) is 20.5. The molecule has 29 heavy (non-hydrogen) atoms. The molecule has 2 aromatic rings. The Kier molecular flexibility index (Phi) is 4.90. The van der Waals surface area contributed by atoms with Crippen LogP contribution in [-0.2, 0) is 22.9 Å². The van der Waals surface area contributed by atoms with E-state index in [-0.39, 0.29) is 23.7 Å². The predicted molar refractivity (Wildman–Crippen MR) is 94.8 cm³/mol. The Morgan fingerprint density at radius 3 is 2.79 bits per heavy atom. The van der Waals surface area contributed by atoms with Gasteiger partial charge in [-0.25, -0.2) is 23.3 Å². The molecule has 1 unspecified atom stereocenters. The van der Waals surface area contributed by atoms with Gasteiger partial charge in [0.05, 0.1) is 19.5 Å². The lowest BCUT2D eigenvalue weighted by atomic mass is 9.97. The SMILES string of the molecule is CCOc1nc(C)nc2c1ncn2[C@@H]1O[C@]2(F)COP(=O)(OCC)O[C@H]2[C@@]1(C)F. The molecule has 0 aliphatic carbocycles. The van der Waals surface area contributed by atoms with Crippen molar-refractivity contribution in [3.05, 3.63) is 12.2 Å². The van der Waals surface area contributed by atoms with Gasteiger partial charge in [0.25, 0.3) is 5.85 Å². The zero-order valence-corrected chi connectivity index (χ0v) is 17.2. The van der Waals surface area contributed by atoms with Gasteiger partial charge in [-0.15, -0.1) is 0 Å². The molecule has 10 nitrogen and oxygen atoms in total. The van der Waals surface area contributed by atoms with Gasteiger partial charge in [0.2, 0.25) is 5.88 Å². The summed E-state index contributed by atoms with van der Waals surface area (Å²) in [6.07, 6.45) is -2.12. The van der Waals surface area contributed by atoms with Gasteiger partial charge in [0, 0.05) is 0 Å². The lowest BCUT2D eigenvalue weighted by molar-refractivity contribution is -0.219. The van der Waals surface area contributed by atoms with Gasteiger partial charge in [0.1, 0.15) is 12.4 Å². The highest BCUT2D eigenvalue weighted by Gasteiger charge is 2.70. The average Bonchev–Trinajstić information content (AvgIpc) is 3.14. The van der Waals surface area contributed by atoms with Gasteiger partial charge < -0.3 is 9.47 Å². The number of aryl methyl sites for hydroxylation is 1. The zero-order valence-electron chi connectivity index (χ0n) is 16.3. The van der Waals surface area contributed by atoms with Gasteiger partial charge in [-0.1, -0.05) is 0 Å². The Labute approximate surface area is 165 Å². The maximum absolute atomic E-state index is 15.8. The van der Waals surface area contributed by atoms with E-state index in [1.165, 1.54) is 10.9 Å². The number of hydrogen-bond donors (Lipinski definition) is 0. The van der Waals surface area contributed by atoms with Gasteiger partial charge in [-0.05, 0) is 27.7 Å². The number of nitrogens with zero attached hydrogens (tertiary/aromatic N) is 4. The van der Waals surface area contributed by atoms with E-state index in [1.807, 2.05) is 0 Å². The number of aromatic nitrogens is 4. The second-order valence-electron chi connectivity index (χ2n) is 6.86. The highest BCUT2D eigenvalue weighted by molar-refractivity contribution is 7.48. The van der Waals surface area contributed by atoms with Gasteiger partial charge in [-0.3, -0.25) is 18.1 Å². The molecule has 2 aliphatic heterocycles. The number of halogens is 2. The summed E-state index contributed by atoms with van der Waals surface area (Å²) in [7, 11) is -4.11. The van der Waals surface area contributed by atoms with E-state index in [9.17, 15) is 4.57 Å². The monoisotopic (exact) mass is 434 g/mol. The fourth-order valence-corrected chi connectivity index (χ4v) is 4.96. The molecule has 0 N–H and O–H groups in total. The molecule has 0 amide bonds. The lowest BCUT2D eigenvalue weighted by Crippen LogP contribution is -2.50. The molecule has 0 saturated carbocycles. The molecule has 5 atom stereocenters. The van der Waals surface area contributed by atoms with Crippen molar-refractivity contribution in [3.8, 4) is 5.88 Å². The Hall–Kier alpha value is -1.72. The molecule has 2 fully saturated rings. The van der Waals surface area contributed by atoms with Crippen molar-refractivity contribution >= 4 is 19.0 Å². The first-order chi connectivity index (χ1) is 13.6. The van der Waals surface area contributed by atoms with E-state index < -0.39 is 38.3 Å². The molecule has 2 aliphatic rings. The summed E-state index contributed by atoms with van der Waals surface area (Å²) in [5.74, 6) is -2.10. The summed E-state index contributed by atoms with van der Waals surface area (Å²) in [5.41, 5.74) is -1.98. The number of ether oxygens (including phenoxy) is 2. The summed E-state index contributed by atoms with van der Waals surface area (Å²) in [6, 6.07) is 0. The smallest absolute Gasteiger partial charge is 0.475 e. The van der Waals surface area contributed by atoms with E-state index in [0.717, 1.165) is 6.92 Å². The summed E-state index contributed by atoms with van der Waals surface area (Å²) in [4.78, 5) is 12.6. The minimum absolute atomic E-state index is 0.0148. The van der Waals surface area contributed by atoms with Crippen molar-refractivity contribution in [1.82, 2.24) is 19.5 Å². The van der Waals surface area contributed by atoms with E-state index in [2.05, 4.69) is 15.0 Å². The maximum atomic E-state index is 15.8. The highest BCUT2D eigenvalue weighted by atomic mass is 31.2. The Balaban J connectivity index is 1.76. The van der Waals surface area contributed by atoms with Crippen LogP contribution in [0.2, 0.25) is 0 Å². The Morgan fingerprint density at radius 1 is 1.34 bits per heavy atom. The molecule has 2 saturated heterocycles. The second-order valence-corrected chi connectivity index (χ2v) is 8.49. The first-order valence-corrected chi connectivity index (χ1v) is 10.6. The molecule has 0 aromatic carbocycles. The van der Waals surface area contributed by atoms with E-state index in [1.54, 1.807) is 20.8 Å². The van der Waals surface area contributed by atoms with E-state index >= 15 is 8.78 Å². The van der Waals surface area contributed by atoms with Crippen molar-refractivity contribution in [2.75, 3.05) is 19.8 Å². The summed E-state index contributed by atoms with van der Waals surface area (Å²) >= 11 is 0. The van der Waals surface area contributed by atoms with Gasteiger partial charge in [-0.2, -0.15) is 4.98 Å². The number of phosphoric ester groups is 1. The van der Waals surface area contributed by atoms with Crippen molar-refractivity contribution in [2.24, 2.45) is 0 Å². The van der Waals surface area contributed by atoms with Crippen molar-refractivity contribution in [3.63, 3.8) is 0 Å². The molecule has 160 valence electrons. The van der Waals surface area contributed by atoms with Crippen LogP contribution in [-0.4, -0.2) is 57.0 Å². The van der Waals surface area contributed by atoms with Crippen molar-refractivity contribution in [2.45, 2.75) is 51.6 Å². The normalized spacial score (nSPS) is 37.0. The molecule has 0 radical (unpaired) electrons. The molecular formula is C16H21F2N4O6P. The minimum atomic E-state index is -4.11. The zero-order chi connectivity index (χ0) is 21.0. The number of rotatable bonds is 5. The largest absolute Gasteiger partial charge is 0.476 e. The van der Waals surface area contributed by atoms with E-state index in [4.69, 9.17) is 23.0 Å². The quantitative estimate of drug-likeness (QED) is 0.657. The van der Waals surface area contributed by atoms with Crippen LogP contribution in [0, 0.1) is 6.92 Å². The fourth-order valence-electron chi connectivity index (χ4n) is 3.49. The maximum Gasteiger partial charge on any atom is 0.475 e. The van der Waals surface area contributed by atoms with E-state index in [0.29, 0.717) is 12.4 Å². The van der Waals surface area contributed by atoms with Crippen LogP contribution in [0.1, 0.15) is 32.8 Å². The molecule has 2 aromatic heterocycles. The third kappa shape index (κ3) is 3.23. The van der Waals surface area contributed by atoms with Gasteiger partial charge in [0.15, 0.2) is 29.2 Å². The van der Waals surface area contributed by atoms with Crippen LogP contribution in [0.5, 0.6) is 5.88 Å².